The number of Topliss-reactive ketones (excluding diaryl/α,β-unsaturated/α-hetero) is 2. The third-order valence-electron chi connectivity index (χ3n) is 14.5. The van der Waals surface area contributed by atoms with Gasteiger partial charge >= 0.3 is 6.09 Å². The number of pyridine rings is 2. The Hall–Kier alpha value is -5.59. The van der Waals surface area contributed by atoms with Crippen molar-refractivity contribution in [3.05, 3.63) is 139 Å². The third-order valence-corrected chi connectivity index (χ3v) is 19.1. The van der Waals surface area contributed by atoms with Crippen LogP contribution in [0.4, 0.5) is 4.79 Å². The lowest BCUT2D eigenvalue weighted by atomic mass is 10.00. The zero-order chi connectivity index (χ0) is 54.1. The van der Waals surface area contributed by atoms with Crippen molar-refractivity contribution in [2.75, 3.05) is 26.2 Å². The first kappa shape index (κ1) is 58.6. The molecule has 2 aliphatic rings. The van der Waals surface area contributed by atoms with E-state index in [4.69, 9.17) is 14.7 Å². The molecule has 0 radical (unpaired) electrons. The topological polar surface area (TPSA) is 134 Å². The second-order valence-corrected chi connectivity index (χ2v) is 25.7. The van der Waals surface area contributed by atoms with E-state index in [0.717, 1.165) is 104 Å². The number of aromatic nitrogens is 4. The number of rotatable bonds is 20. The quantitative estimate of drug-likeness (QED) is 0.0782. The van der Waals surface area contributed by atoms with Crippen molar-refractivity contribution in [1.82, 2.24) is 40.0 Å². The molecule has 6 aromatic heterocycles. The molecule has 0 saturated heterocycles. The molecule has 0 aliphatic carbocycles. The summed E-state index contributed by atoms with van der Waals surface area (Å²) in [5.41, 5.74) is 8.70. The van der Waals surface area contributed by atoms with Crippen molar-refractivity contribution in [1.29, 1.82) is 0 Å². The normalized spacial score (nSPS) is 14.1. The van der Waals surface area contributed by atoms with E-state index >= 15 is 0 Å². The molecule has 10 rings (SSSR count). The number of ether oxygens (including phenoxy) is 1. The minimum absolute atomic E-state index is 0. The zero-order valence-electron chi connectivity index (χ0n) is 45.6. The Morgan fingerprint density at radius 1 is 0.679 bits per heavy atom. The van der Waals surface area contributed by atoms with Crippen LogP contribution in [-0.4, -0.2) is 96.2 Å². The van der Waals surface area contributed by atoms with Crippen LogP contribution in [0.2, 0.25) is 0 Å². The number of fused-ring (bicyclic) bond motifs is 4. The summed E-state index contributed by atoms with van der Waals surface area (Å²) in [6.45, 7) is 20.7. The number of thiazole rings is 2. The minimum atomic E-state index is -0.547. The van der Waals surface area contributed by atoms with Gasteiger partial charge in [0.1, 0.15) is 38.2 Å². The number of hydrogen-bond donors (Lipinski definition) is 1. The second kappa shape index (κ2) is 27.0. The van der Waals surface area contributed by atoms with E-state index in [1.54, 1.807) is 62.6 Å². The first-order valence-corrected chi connectivity index (χ1v) is 30.5. The average molecular weight is 1130 g/mol. The smallest absolute Gasteiger partial charge is 0.410 e. The van der Waals surface area contributed by atoms with Crippen molar-refractivity contribution in [2.45, 2.75) is 151 Å². The van der Waals surface area contributed by atoms with Crippen molar-refractivity contribution in [3.63, 3.8) is 0 Å². The number of ketones is 2. The molecule has 2 aromatic carbocycles. The lowest BCUT2D eigenvalue weighted by Gasteiger charge is -2.30. The van der Waals surface area contributed by atoms with Gasteiger partial charge in [0.15, 0.2) is 0 Å². The van der Waals surface area contributed by atoms with Crippen LogP contribution in [0.5, 0.6) is 0 Å². The molecule has 0 bridgehead atoms. The van der Waals surface area contributed by atoms with E-state index in [1.807, 2.05) is 51.4 Å². The Bertz CT molecular complexity index is 3200. The fourth-order valence-electron chi connectivity index (χ4n) is 9.99. The summed E-state index contributed by atoms with van der Waals surface area (Å²) < 4.78 is 7.88. The van der Waals surface area contributed by atoms with E-state index in [-0.39, 0.29) is 19.3 Å². The minimum Gasteiger partial charge on any atom is -0.444 e. The Morgan fingerprint density at radius 3 is 1.64 bits per heavy atom. The van der Waals surface area contributed by atoms with Crippen LogP contribution in [0.25, 0.3) is 41.6 Å². The number of nitrogens with zero attached hydrogens (tertiary/aromatic N) is 7. The predicted molar refractivity (Wildman–Crippen MR) is 324 cm³/mol. The van der Waals surface area contributed by atoms with E-state index in [0.29, 0.717) is 63.1 Å². The van der Waals surface area contributed by atoms with Crippen LogP contribution in [0, 0.1) is 0 Å². The highest BCUT2D eigenvalue weighted by Gasteiger charge is 2.32. The van der Waals surface area contributed by atoms with Crippen LogP contribution in [-0.2, 0) is 66.2 Å². The monoisotopic (exact) mass is 1120 g/mol. The summed E-state index contributed by atoms with van der Waals surface area (Å²) in [7, 11) is 0. The number of amides is 1. The van der Waals surface area contributed by atoms with Gasteiger partial charge in [-0.3, -0.25) is 29.4 Å². The summed E-state index contributed by atoms with van der Waals surface area (Å²) in [6, 6.07) is 25.9. The average Bonchev–Trinajstić information content (AvgIpc) is 4.23. The van der Waals surface area contributed by atoms with Crippen molar-refractivity contribution in [2.24, 2.45) is 0 Å². The van der Waals surface area contributed by atoms with Crippen molar-refractivity contribution in [3.8, 4) is 21.1 Å². The van der Waals surface area contributed by atoms with Crippen LogP contribution in [0.15, 0.2) is 97.6 Å². The van der Waals surface area contributed by atoms with Gasteiger partial charge in [-0.1, -0.05) is 81.9 Å². The standard InChI is InChI=1S/C33H40N4O3S2.C28H32N4OS2.CH4/c1-6-22(2)36(20-23-10-8-7-9-11-23)16-13-24(38)18-28-30(31-35-26-19-34-15-12-27(26)42-31)25-14-17-37(21-29(25)41-28)32(39)40-33(3,4)5;1-3-19(2)32(18-20-7-5-4-6-8-20)14-11-21(33)15-25-27(22-9-12-30-17-26(22)34-25)28-31-23-16-29-13-10-24(23)35-28;/h7-12,15,19,22H,6,13-14,16-18,20-21H2,1-5H3;4-8,10,13,16,19,30H,3,9,11-12,14-15,17-18H2,1-2H3;1H4/t22-;19-;/m00./s1. The Balaban J connectivity index is 0.000000206. The summed E-state index contributed by atoms with van der Waals surface area (Å²) in [4.78, 5) is 69.3. The Labute approximate surface area is 477 Å². The third kappa shape index (κ3) is 14.8. The molecule has 0 spiro atoms. The molecule has 12 nitrogen and oxygen atoms in total. The molecule has 16 heteroatoms. The molecular formula is C62H76N8O4S4. The molecule has 2 atom stereocenters. The van der Waals surface area contributed by atoms with Gasteiger partial charge in [0, 0.05) is 120 Å². The lowest BCUT2D eigenvalue weighted by Crippen LogP contribution is -2.39. The van der Waals surface area contributed by atoms with E-state index < -0.39 is 5.60 Å². The Kier molecular flexibility index (Phi) is 20.3. The maximum Gasteiger partial charge on any atom is 0.410 e. The number of nitrogens with one attached hydrogen (secondary N) is 1. The molecule has 8 aromatic rings. The first-order valence-electron chi connectivity index (χ1n) is 27.2. The summed E-state index contributed by atoms with van der Waals surface area (Å²) in [5, 5.41) is 5.44. The van der Waals surface area contributed by atoms with Gasteiger partial charge in [0.05, 0.1) is 28.3 Å². The highest BCUT2D eigenvalue weighted by molar-refractivity contribution is 7.22. The molecular weight excluding hydrogens is 1050 g/mol. The van der Waals surface area contributed by atoms with Crippen LogP contribution in [0.1, 0.15) is 123 Å². The van der Waals surface area contributed by atoms with Gasteiger partial charge in [-0.15, -0.1) is 45.3 Å². The molecule has 412 valence electrons. The number of carbonyl (C=O) groups is 3. The number of carbonyl (C=O) groups excluding carboxylic acids is 3. The van der Waals surface area contributed by atoms with E-state index in [2.05, 4.69) is 107 Å². The highest BCUT2D eigenvalue weighted by atomic mass is 32.1. The van der Waals surface area contributed by atoms with Gasteiger partial charge in [-0.05, 0) is 101 Å². The van der Waals surface area contributed by atoms with Crippen molar-refractivity contribution >= 4 is 83.4 Å². The maximum absolute atomic E-state index is 13.5. The van der Waals surface area contributed by atoms with Crippen molar-refractivity contribution < 1.29 is 19.1 Å². The maximum atomic E-state index is 13.5. The Morgan fingerprint density at radius 2 is 1.17 bits per heavy atom. The molecule has 0 fully saturated rings. The van der Waals surface area contributed by atoms with E-state index in [1.165, 1.54) is 37.6 Å². The highest BCUT2D eigenvalue weighted by Crippen LogP contribution is 2.44. The largest absolute Gasteiger partial charge is 0.444 e. The lowest BCUT2D eigenvalue weighted by molar-refractivity contribution is -0.119. The fraction of sp³-hybridized carbons (Fsp3) is 0.435. The summed E-state index contributed by atoms with van der Waals surface area (Å²) >= 11 is 6.80. The number of thiophene rings is 2. The fourth-order valence-corrected chi connectivity index (χ4v) is 14.9. The predicted octanol–water partition coefficient (Wildman–Crippen LogP) is 14.0. The SMILES string of the molecule is C.CC[C@H](C)N(CCC(=O)Cc1sc2c(c1-c1nc3cnccc3s1)CCN(C(=O)OC(C)(C)C)C2)Cc1ccccc1.CC[C@H](C)N(CCC(=O)Cc1sc2c(c1-c1nc3cnccc3s1)CCNC2)Cc1ccccc1. The second-order valence-electron chi connectivity index (χ2n) is 21.3. The van der Waals surface area contributed by atoms with Crippen LogP contribution in [0.3, 0.4) is 0 Å². The molecule has 78 heavy (non-hydrogen) atoms. The molecule has 8 heterocycles. The summed E-state index contributed by atoms with van der Waals surface area (Å²) in [5.74, 6) is 0.532. The molecule has 1 N–H and O–H groups in total. The summed E-state index contributed by atoms with van der Waals surface area (Å²) in [6.07, 6.45) is 12.7. The zero-order valence-corrected chi connectivity index (χ0v) is 48.9. The van der Waals surface area contributed by atoms with E-state index in [9.17, 15) is 14.4 Å². The molecule has 0 unspecified atom stereocenters. The van der Waals surface area contributed by atoms with Crippen LogP contribution < -0.4 is 5.32 Å². The first-order chi connectivity index (χ1) is 37.2. The van der Waals surface area contributed by atoms with Gasteiger partial charge in [0.25, 0.3) is 0 Å². The van der Waals surface area contributed by atoms with Crippen LogP contribution >= 0.6 is 45.3 Å². The van der Waals surface area contributed by atoms with Gasteiger partial charge in [-0.25, -0.2) is 14.8 Å². The number of hydrogen-bond acceptors (Lipinski definition) is 15. The molecule has 2 aliphatic heterocycles. The molecule has 0 saturated carbocycles. The van der Waals surface area contributed by atoms with Gasteiger partial charge in [0.2, 0.25) is 0 Å². The molecule has 1 amide bonds. The van der Waals surface area contributed by atoms with Gasteiger partial charge in [-0.2, -0.15) is 0 Å². The number of benzene rings is 2. The van der Waals surface area contributed by atoms with Gasteiger partial charge < -0.3 is 15.0 Å².